The third kappa shape index (κ3) is 2.01. The number of ether oxygens (including phenoxy) is 1. The Morgan fingerprint density at radius 3 is 2.47 bits per heavy atom. The fourth-order valence-electron chi connectivity index (χ4n) is 1.22. The fourth-order valence-corrected chi connectivity index (χ4v) is 1.67. The van der Waals surface area contributed by atoms with Crippen LogP contribution < -0.4 is 4.74 Å². The van der Waals surface area contributed by atoms with Crippen LogP contribution in [0.15, 0.2) is 34.9 Å². The van der Waals surface area contributed by atoms with Gasteiger partial charge in [0.15, 0.2) is 0 Å². The minimum Gasteiger partial charge on any atom is -0.497 e. The van der Waals surface area contributed by atoms with Gasteiger partial charge >= 0.3 is 0 Å². The molecule has 3 nitrogen and oxygen atoms in total. The molecule has 0 saturated heterocycles. The molecule has 78 valence electrons. The van der Waals surface area contributed by atoms with Crippen molar-refractivity contribution < 1.29 is 4.74 Å². The predicted molar refractivity (Wildman–Crippen MR) is 62.8 cm³/mol. The zero-order chi connectivity index (χ0) is 10.8. The molecule has 2 rings (SSSR count). The van der Waals surface area contributed by atoms with Crippen molar-refractivity contribution in [2.24, 2.45) is 0 Å². The van der Waals surface area contributed by atoms with Crippen LogP contribution in [0.3, 0.4) is 0 Å². The lowest BCUT2D eigenvalue weighted by molar-refractivity contribution is 0.414. The summed E-state index contributed by atoms with van der Waals surface area (Å²) in [4.78, 5) is 0. The van der Waals surface area contributed by atoms with Gasteiger partial charge in [-0.3, -0.25) is 0 Å². The second-order valence-corrected chi connectivity index (χ2v) is 4.11. The zero-order valence-corrected chi connectivity index (χ0v) is 10.3. The van der Waals surface area contributed by atoms with Crippen molar-refractivity contribution in [1.82, 2.24) is 9.78 Å². The smallest absolute Gasteiger partial charge is 0.147 e. The first-order chi connectivity index (χ1) is 7.22. The molecule has 0 aliphatic heterocycles. The average molecular weight is 288 g/mol. The van der Waals surface area contributed by atoms with Crippen molar-refractivity contribution in [1.29, 1.82) is 0 Å². The second kappa shape index (κ2) is 4.24. The van der Waals surface area contributed by atoms with Gasteiger partial charge in [0.1, 0.15) is 10.9 Å². The highest BCUT2D eigenvalue weighted by Crippen LogP contribution is 2.25. The summed E-state index contributed by atoms with van der Waals surface area (Å²) in [6.45, 7) is 0. The summed E-state index contributed by atoms with van der Waals surface area (Å²) >= 11 is 9.34. The number of hydrogen-bond acceptors (Lipinski definition) is 2. The molecule has 1 aromatic carbocycles. The Bertz CT molecular complexity index is 467. The molecule has 0 spiro atoms. The van der Waals surface area contributed by atoms with Crippen molar-refractivity contribution in [3.05, 3.63) is 40.1 Å². The van der Waals surface area contributed by atoms with Gasteiger partial charge in [0, 0.05) is 0 Å². The van der Waals surface area contributed by atoms with E-state index in [2.05, 4.69) is 21.0 Å². The quantitative estimate of drug-likeness (QED) is 0.847. The lowest BCUT2D eigenvalue weighted by Crippen LogP contribution is -1.95. The molecule has 5 heteroatoms. The van der Waals surface area contributed by atoms with Gasteiger partial charge in [0.2, 0.25) is 0 Å². The molecule has 0 atom stereocenters. The van der Waals surface area contributed by atoms with Gasteiger partial charge in [-0.15, -0.1) is 0 Å². The molecule has 0 aliphatic carbocycles. The second-order valence-electron chi connectivity index (χ2n) is 2.89. The van der Waals surface area contributed by atoms with Crippen molar-refractivity contribution in [2.75, 3.05) is 7.11 Å². The van der Waals surface area contributed by atoms with Gasteiger partial charge < -0.3 is 4.74 Å². The van der Waals surface area contributed by atoms with E-state index in [0.717, 1.165) is 15.9 Å². The maximum Gasteiger partial charge on any atom is 0.147 e. The van der Waals surface area contributed by atoms with Gasteiger partial charge in [-0.25, -0.2) is 4.68 Å². The molecule has 0 aliphatic rings. The van der Waals surface area contributed by atoms with Crippen LogP contribution in [0.4, 0.5) is 0 Å². The summed E-state index contributed by atoms with van der Waals surface area (Å²) in [5.74, 6) is 0.807. The number of halogens is 2. The third-order valence-electron chi connectivity index (χ3n) is 1.99. The van der Waals surface area contributed by atoms with E-state index in [1.54, 1.807) is 18.0 Å². The summed E-state index contributed by atoms with van der Waals surface area (Å²) in [6.07, 6.45) is 1.66. The van der Waals surface area contributed by atoms with Crippen molar-refractivity contribution in [3.63, 3.8) is 0 Å². The van der Waals surface area contributed by atoms with Crippen molar-refractivity contribution >= 4 is 27.5 Å². The first-order valence-electron chi connectivity index (χ1n) is 4.26. The number of benzene rings is 1. The molecule has 0 radical (unpaired) electrons. The summed E-state index contributed by atoms with van der Waals surface area (Å²) in [6, 6.07) is 7.51. The number of hydrogen-bond donors (Lipinski definition) is 0. The molecule has 0 N–H and O–H groups in total. The molecule has 15 heavy (non-hydrogen) atoms. The molecule has 0 amide bonds. The van der Waals surface area contributed by atoms with E-state index in [4.69, 9.17) is 16.3 Å². The minimum atomic E-state index is 0.556. The molecular formula is C10H8BrClN2O. The number of nitrogens with zero attached hydrogens (tertiary/aromatic N) is 2. The predicted octanol–water partition coefficient (Wildman–Crippen LogP) is 3.30. The molecule has 0 bridgehead atoms. The standard InChI is InChI=1S/C10H8BrClN2O/c1-15-8-4-2-7(3-5-8)14-10(12)9(11)6-13-14/h2-6H,1H3. The Hall–Kier alpha value is -1.000. The van der Waals surface area contributed by atoms with Gasteiger partial charge in [0.25, 0.3) is 0 Å². The summed E-state index contributed by atoms with van der Waals surface area (Å²) in [5.41, 5.74) is 0.895. The maximum absolute atomic E-state index is 6.04. The molecule has 2 aromatic rings. The van der Waals surface area contributed by atoms with E-state index in [0.29, 0.717) is 5.15 Å². The lowest BCUT2D eigenvalue weighted by atomic mass is 10.3. The van der Waals surface area contributed by atoms with E-state index in [1.165, 1.54) is 0 Å². The average Bonchev–Trinajstić information content (AvgIpc) is 2.60. The molecular weight excluding hydrogens is 279 g/mol. The summed E-state index contributed by atoms with van der Waals surface area (Å²) in [7, 11) is 1.63. The van der Waals surface area contributed by atoms with Crippen LogP contribution in [0.2, 0.25) is 5.15 Å². The Balaban J connectivity index is 2.41. The van der Waals surface area contributed by atoms with E-state index in [1.807, 2.05) is 24.3 Å². The van der Waals surface area contributed by atoms with Gasteiger partial charge in [-0.1, -0.05) is 11.6 Å². The normalized spacial score (nSPS) is 10.3. The molecule has 1 aromatic heterocycles. The zero-order valence-electron chi connectivity index (χ0n) is 7.95. The summed E-state index contributed by atoms with van der Waals surface area (Å²) < 4.78 is 7.49. The highest BCUT2D eigenvalue weighted by atomic mass is 79.9. The monoisotopic (exact) mass is 286 g/mol. The van der Waals surface area contributed by atoms with Gasteiger partial charge in [-0.05, 0) is 40.2 Å². The molecule has 1 heterocycles. The number of rotatable bonds is 2. The van der Waals surface area contributed by atoms with E-state index in [-0.39, 0.29) is 0 Å². The molecule has 0 saturated carbocycles. The van der Waals surface area contributed by atoms with E-state index in [9.17, 15) is 0 Å². The van der Waals surface area contributed by atoms with Crippen LogP contribution >= 0.6 is 27.5 Å². The minimum absolute atomic E-state index is 0.556. The highest BCUT2D eigenvalue weighted by Gasteiger charge is 2.07. The van der Waals surface area contributed by atoms with Gasteiger partial charge in [-0.2, -0.15) is 5.10 Å². The van der Waals surface area contributed by atoms with Crippen LogP contribution in [0, 0.1) is 0 Å². The summed E-state index contributed by atoms with van der Waals surface area (Å²) in [5, 5.41) is 4.69. The largest absolute Gasteiger partial charge is 0.497 e. The van der Waals surface area contributed by atoms with E-state index < -0.39 is 0 Å². The molecule has 0 fully saturated rings. The Morgan fingerprint density at radius 1 is 1.33 bits per heavy atom. The van der Waals surface area contributed by atoms with Crippen LogP contribution in [0.1, 0.15) is 0 Å². The third-order valence-corrected chi connectivity index (χ3v) is 3.16. The highest BCUT2D eigenvalue weighted by molar-refractivity contribution is 9.10. The van der Waals surface area contributed by atoms with Crippen LogP contribution in [0.25, 0.3) is 5.69 Å². The Morgan fingerprint density at radius 2 is 2.00 bits per heavy atom. The first kappa shape index (κ1) is 10.5. The van der Waals surface area contributed by atoms with E-state index >= 15 is 0 Å². The van der Waals surface area contributed by atoms with Gasteiger partial charge in [0.05, 0.1) is 23.5 Å². The maximum atomic E-state index is 6.04. The molecule has 0 unspecified atom stereocenters. The fraction of sp³-hybridized carbons (Fsp3) is 0.100. The van der Waals surface area contributed by atoms with Crippen LogP contribution in [-0.4, -0.2) is 16.9 Å². The SMILES string of the molecule is COc1ccc(-n2ncc(Br)c2Cl)cc1. The van der Waals surface area contributed by atoms with Crippen molar-refractivity contribution in [2.45, 2.75) is 0 Å². The lowest BCUT2D eigenvalue weighted by Gasteiger charge is -2.04. The van der Waals surface area contributed by atoms with Crippen molar-refractivity contribution in [3.8, 4) is 11.4 Å². The Labute approximate surface area is 101 Å². The topological polar surface area (TPSA) is 27.1 Å². The number of methoxy groups -OCH3 is 1. The van der Waals surface area contributed by atoms with Crippen LogP contribution in [-0.2, 0) is 0 Å². The Kier molecular flexibility index (Phi) is 2.98. The van der Waals surface area contributed by atoms with Crippen LogP contribution in [0.5, 0.6) is 5.75 Å². The first-order valence-corrected chi connectivity index (χ1v) is 5.43. The number of aromatic nitrogens is 2.